The summed E-state index contributed by atoms with van der Waals surface area (Å²) in [5, 5.41) is 9.02. The number of hydrogen-bond donors (Lipinski definition) is 1. The number of aromatic nitrogens is 2. The number of para-hydroxylation sites is 2. The predicted molar refractivity (Wildman–Crippen MR) is 91.2 cm³/mol. The van der Waals surface area contributed by atoms with Gasteiger partial charge in [0, 0.05) is 5.56 Å². The molecule has 0 saturated carbocycles. The highest BCUT2D eigenvalue weighted by atomic mass is 16.5. The molecule has 0 atom stereocenters. The minimum absolute atomic E-state index is 0.168. The maximum absolute atomic E-state index is 12.6. The molecule has 7 heteroatoms. The van der Waals surface area contributed by atoms with Crippen molar-refractivity contribution in [2.75, 3.05) is 7.11 Å². The number of ketones is 1. The van der Waals surface area contributed by atoms with Crippen molar-refractivity contribution in [1.29, 1.82) is 0 Å². The van der Waals surface area contributed by atoms with E-state index in [1.54, 1.807) is 48.5 Å². The highest BCUT2D eigenvalue weighted by molar-refractivity contribution is 5.96. The van der Waals surface area contributed by atoms with E-state index < -0.39 is 18.2 Å². The lowest BCUT2D eigenvalue weighted by molar-refractivity contribution is -0.137. The van der Waals surface area contributed by atoms with Gasteiger partial charge in [-0.25, -0.2) is 4.79 Å². The van der Waals surface area contributed by atoms with Crippen molar-refractivity contribution in [3.05, 3.63) is 64.6 Å². The molecule has 0 aliphatic heterocycles. The summed E-state index contributed by atoms with van der Waals surface area (Å²) in [7, 11) is 1.54. The normalized spacial score (nSPS) is 10.8. The van der Waals surface area contributed by atoms with Crippen LogP contribution in [-0.2, 0) is 17.9 Å². The largest absolute Gasteiger partial charge is 0.497 e. The van der Waals surface area contributed by atoms with E-state index in [1.165, 1.54) is 11.7 Å². The number of rotatable bonds is 6. The number of carboxylic acid groups (broad SMARTS) is 1. The highest BCUT2D eigenvalue weighted by Gasteiger charge is 2.17. The molecule has 0 spiro atoms. The molecule has 0 bridgehead atoms. The molecule has 128 valence electrons. The van der Waals surface area contributed by atoms with E-state index in [0.717, 1.165) is 4.57 Å². The Morgan fingerprint density at radius 1 is 0.960 bits per heavy atom. The van der Waals surface area contributed by atoms with Gasteiger partial charge in [-0.1, -0.05) is 12.1 Å². The fourth-order valence-electron chi connectivity index (χ4n) is 2.73. The molecular weight excluding hydrogens is 324 g/mol. The third-order valence-electron chi connectivity index (χ3n) is 3.93. The van der Waals surface area contributed by atoms with Crippen molar-refractivity contribution >= 4 is 22.8 Å². The summed E-state index contributed by atoms with van der Waals surface area (Å²) in [5.41, 5.74) is 0.932. The van der Waals surface area contributed by atoms with Crippen LogP contribution >= 0.6 is 0 Å². The number of Topliss-reactive ketones (excluding diaryl/α,β-unsaturated/α-hetero) is 1. The fourth-order valence-corrected chi connectivity index (χ4v) is 2.73. The van der Waals surface area contributed by atoms with E-state index in [9.17, 15) is 14.4 Å². The summed E-state index contributed by atoms with van der Waals surface area (Å²) >= 11 is 0. The van der Waals surface area contributed by atoms with Gasteiger partial charge in [0.2, 0.25) is 0 Å². The van der Waals surface area contributed by atoms with Gasteiger partial charge in [0.1, 0.15) is 12.3 Å². The van der Waals surface area contributed by atoms with Crippen LogP contribution in [-0.4, -0.2) is 33.1 Å². The van der Waals surface area contributed by atoms with Gasteiger partial charge in [-0.2, -0.15) is 0 Å². The molecule has 2 aromatic carbocycles. The zero-order valence-corrected chi connectivity index (χ0v) is 13.5. The summed E-state index contributed by atoms with van der Waals surface area (Å²) in [6, 6.07) is 13.4. The topological polar surface area (TPSA) is 90.5 Å². The van der Waals surface area contributed by atoms with Crippen molar-refractivity contribution in [1.82, 2.24) is 9.13 Å². The summed E-state index contributed by atoms with van der Waals surface area (Å²) in [6.07, 6.45) is 0. The van der Waals surface area contributed by atoms with Crippen LogP contribution in [0.5, 0.6) is 5.75 Å². The molecule has 7 nitrogen and oxygen atoms in total. The van der Waals surface area contributed by atoms with Crippen LogP contribution in [0.4, 0.5) is 0 Å². The van der Waals surface area contributed by atoms with Crippen molar-refractivity contribution in [3.8, 4) is 5.75 Å². The number of aliphatic carboxylic acids is 1. The first-order valence-electron chi connectivity index (χ1n) is 7.58. The van der Waals surface area contributed by atoms with E-state index >= 15 is 0 Å². The highest BCUT2D eigenvalue weighted by Crippen LogP contribution is 2.15. The molecule has 0 amide bonds. The van der Waals surface area contributed by atoms with Gasteiger partial charge in [0.25, 0.3) is 0 Å². The van der Waals surface area contributed by atoms with Crippen molar-refractivity contribution in [2.45, 2.75) is 13.1 Å². The molecule has 3 aromatic rings. The maximum atomic E-state index is 12.6. The second kappa shape index (κ2) is 6.64. The first kappa shape index (κ1) is 16.5. The SMILES string of the molecule is COc1ccc(C(=O)Cn2c(=O)n(CC(=O)O)c3ccccc32)cc1. The number of hydrogen-bond acceptors (Lipinski definition) is 4. The second-order valence-corrected chi connectivity index (χ2v) is 5.49. The zero-order valence-electron chi connectivity index (χ0n) is 13.5. The summed E-state index contributed by atoms with van der Waals surface area (Å²) < 4.78 is 7.51. The number of methoxy groups -OCH3 is 1. The Balaban J connectivity index is 2.00. The monoisotopic (exact) mass is 340 g/mol. The smallest absolute Gasteiger partial charge is 0.330 e. The molecule has 3 rings (SSSR count). The minimum Gasteiger partial charge on any atom is -0.497 e. The van der Waals surface area contributed by atoms with Gasteiger partial charge in [0.15, 0.2) is 5.78 Å². The molecule has 25 heavy (non-hydrogen) atoms. The molecular formula is C18H16N2O5. The van der Waals surface area contributed by atoms with Crippen LogP contribution in [0.3, 0.4) is 0 Å². The Morgan fingerprint density at radius 2 is 1.52 bits per heavy atom. The standard InChI is InChI=1S/C18H16N2O5/c1-25-13-8-6-12(7-9-13)16(21)10-19-14-4-2-3-5-15(14)20(18(19)24)11-17(22)23/h2-9H,10-11H2,1H3,(H,22,23). The van der Waals surface area contributed by atoms with Crippen LogP contribution in [0.25, 0.3) is 11.0 Å². The van der Waals surface area contributed by atoms with E-state index in [-0.39, 0.29) is 12.3 Å². The predicted octanol–water partition coefficient (Wildman–Crippen LogP) is 1.78. The lowest BCUT2D eigenvalue weighted by atomic mass is 10.1. The van der Waals surface area contributed by atoms with Gasteiger partial charge < -0.3 is 9.84 Å². The van der Waals surface area contributed by atoms with Gasteiger partial charge in [-0.05, 0) is 36.4 Å². The van der Waals surface area contributed by atoms with Gasteiger partial charge in [-0.15, -0.1) is 0 Å². The van der Waals surface area contributed by atoms with Gasteiger partial charge >= 0.3 is 11.7 Å². The summed E-state index contributed by atoms with van der Waals surface area (Å²) in [5.74, 6) is -0.735. The fraction of sp³-hybridized carbons (Fsp3) is 0.167. The number of imidazole rings is 1. The minimum atomic E-state index is -1.12. The van der Waals surface area contributed by atoms with Crippen LogP contribution in [0.1, 0.15) is 10.4 Å². The maximum Gasteiger partial charge on any atom is 0.330 e. The average molecular weight is 340 g/mol. The molecule has 0 radical (unpaired) electrons. The lowest BCUT2D eigenvalue weighted by Crippen LogP contribution is -2.29. The van der Waals surface area contributed by atoms with Crippen LogP contribution in [0, 0.1) is 0 Å². The van der Waals surface area contributed by atoms with E-state index in [1.807, 2.05) is 0 Å². The number of ether oxygens (including phenoxy) is 1. The van der Waals surface area contributed by atoms with E-state index in [0.29, 0.717) is 22.3 Å². The van der Waals surface area contributed by atoms with Crippen LogP contribution in [0.15, 0.2) is 53.3 Å². The quantitative estimate of drug-likeness (QED) is 0.691. The van der Waals surface area contributed by atoms with E-state index in [2.05, 4.69) is 0 Å². The summed E-state index contributed by atoms with van der Waals surface area (Å²) in [6.45, 7) is -0.624. The van der Waals surface area contributed by atoms with Crippen LogP contribution < -0.4 is 10.4 Å². The molecule has 0 aliphatic rings. The first-order valence-corrected chi connectivity index (χ1v) is 7.58. The second-order valence-electron chi connectivity index (χ2n) is 5.49. The Kier molecular flexibility index (Phi) is 4.38. The number of benzene rings is 2. The van der Waals surface area contributed by atoms with Crippen molar-refractivity contribution < 1.29 is 19.4 Å². The van der Waals surface area contributed by atoms with Crippen LogP contribution in [0.2, 0.25) is 0 Å². The molecule has 0 saturated heterocycles. The Hall–Kier alpha value is -3.35. The van der Waals surface area contributed by atoms with E-state index in [4.69, 9.17) is 9.84 Å². The van der Waals surface area contributed by atoms with Crippen molar-refractivity contribution in [3.63, 3.8) is 0 Å². The Labute approximate surface area is 142 Å². The zero-order chi connectivity index (χ0) is 18.0. The molecule has 1 heterocycles. The van der Waals surface area contributed by atoms with Gasteiger partial charge in [-0.3, -0.25) is 18.7 Å². The Bertz CT molecular complexity index is 998. The number of nitrogens with zero attached hydrogens (tertiary/aromatic N) is 2. The molecule has 0 unspecified atom stereocenters. The molecule has 0 fully saturated rings. The third-order valence-corrected chi connectivity index (χ3v) is 3.93. The molecule has 1 N–H and O–H groups in total. The van der Waals surface area contributed by atoms with Gasteiger partial charge in [0.05, 0.1) is 24.7 Å². The number of carbonyl (C=O) groups is 2. The Morgan fingerprint density at radius 3 is 2.04 bits per heavy atom. The number of fused-ring (bicyclic) bond motifs is 1. The molecule has 0 aliphatic carbocycles. The third kappa shape index (κ3) is 3.16. The average Bonchev–Trinajstić information content (AvgIpc) is 2.87. The van der Waals surface area contributed by atoms with Crippen molar-refractivity contribution in [2.24, 2.45) is 0 Å². The first-order chi connectivity index (χ1) is 12.0. The molecule has 1 aromatic heterocycles. The number of carboxylic acids is 1. The number of carbonyl (C=O) groups excluding carboxylic acids is 1. The summed E-state index contributed by atoms with van der Waals surface area (Å²) in [4.78, 5) is 36.1. The lowest BCUT2D eigenvalue weighted by Gasteiger charge is -2.04.